The van der Waals surface area contributed by atoms with E-state index in [1.54, 1.807) is 0 Å². The van der Waals surface area contributed by atoms with Gasteiger partial charge in [0, 0.05) is 17.1 Å². The highest BCUT2D eigenvalue weighted by Gasteiger charge is 2.14. The minimum atomic E-state index is 1.11. The van der Waals surface area contributed by atoms with Gasteiger partial charge in [-0.05, 0) is 68.2 Å². The third-order valence-electron chi connectivity index (χ3n) is 3.71. The topological polar surface area (TPSA) is 3.24 Å². The molecule has 1 aliphatic carbocycles. The van der Waals surface area contributed by atoms with Crippen molar-refractivity contribution in [2.45, 2.75) is 26.7 Å². The first-order chi connectivity index (χ1) is 10.2. The van der Waals surface area contributed by atoms with E-state index >= 15 is 0 Å². The molecule has 3 rings (SSSR count). The van der Waals surface area contributed by atoms with Crippen LogP contribution in [0, 0.1) is 13.8 Å². The van der Waals surface area contributed by atoms with Gasteiger partial charge in [0.1, 0.15) is 0 Å². The van der Waals surface area contributed by atoms with E-state index in [9.17, 15) is 0 Å². The Kier molecular flexibility index (Phi) is 3.92. The monoisotopic (exact) mass is 275 g/mol. The molecule has 0 saturated carbocycles. The maximum absolute atomic E-state index is 2.34. The van der Waals surface area contributed by atoms with E-state index in [0.717, 1.165) is 12.8 Å². The van der Waals surface area contributed by atoms with E-state index in [1.807, 2.05) is 0 Å². The summed E-state index contributed by atoms with van der Waals surface area (Å²) in [6.45, 7) is 4.32. The molecule has 1 heteroatoms. The molecule has 0 fully saturated rings. The van der Waals surface area contributed by atoms with Crippen molar-refractivity contribution in [3.05, 3.63) is 83.6 Å². The summed E-state index contributed by atoms with van der Waals surface area (Å²) < 4.78 is 0. The van der Waals surface area contributed by atoms with Gasteiger partial charge in [0.2, 0.25) is 0 Å². The average molecular weight is 275 g/mol. The molecule has 0 amide bonds. The molecule has 0 radical (unpaired) electrons. The molecule has 0 spiro atoms. The molecule has 106 valence electrons. The smallest absolute Gasteiger partial charge is 0.0466 e. The average Bonchev–Trinajstić information content (AvgIpc) is 2.49. The minimum absolute atomic E-state index is 1.11. The second-order valence-corrected chi connectivity index (χ2v) is 5.63. The van der Waals surface area contributed by atoms with E-state index in [4.69, 9.17) is 0 Å². The van der Waals surface area contributed by atoms with Gasteiger partial charge in [0.05, 0.1) is 0 Å². The zero-order chi connectivity index (χ0) is 14.7. The van der Waals surface area contributed by atoms with Gasteiger partial charge in [0.15, 0.2) is 0 Å². The van der Waals surface area contributed by atoms with Crippen LogP contribution in [0.25, 0.3) is 0 Å². The normalized spacial score (nSPS) is 13.9. The standard InChI is InChI=1S/C20H21N/c1-16-13-17(2)15-20(14-16)21(18-9-5-3-6-10-18)19-11-7-4-8-12-19/h3,5-7,9-15H,4,8H2,1-2H3. The minimum Gasteiger partial charge on any atom is -0.311 e. The largest absolute Gasteiger partial charge is 0.311 e. The van der Waals surface area contributed by atoms with Crippen LogP contribution < -0.4 is 4.90 Å². The number of hydrogen-bond acceptors (Lipinski definition) is 1. The maximum atomic E-state index is 2.34. The molecule has 0 saturated heterocycles. The van der Waals surface area contributed by atoms with E-state index in [2.05, 4.69) is 85.5 Å². The molecule has 21 heavy (non-hydrogen) atoms. The summed E-state index contributed by atoms with van der Waals surface area (Å²) in [5.41, 5.74) is 6.30. The first-order valence-corrected chi connectivity index (χ1v) is 7.54. The van der Waals surface area contributed by atoms with Crippen LogP contribution in [-0.2, 0) is 0 Å². The molecule has 0 unspecified atom stereocenters. The Morgan fingerprint density at radius 2 is 1.52 bits per heavy atom. The Morgan fingerprint density at radius 3 is 2.14 bits per heavy atom. The molecule has 0 heterocycles. The lowest BCUT2D eigenvalue weighted by Crippen LogP contribution is -2.16. The Bertz CT molecular complexity index is 660. The fraction of sp³-hybridized carbons (Fsp3) is 0.200. The lowest BCUT2D eigenvalue weighted by Gasteiger charge is -2.28. The van der Waals surface area contributed by atoms with Crippen LogP contribution in [0.4, 0.5) is 11.4 Å². The van der Waals surface area contributed by atoms with Crippen molar-refractivity contribution in [1.82, 2.24) is 0 Å². The first-order valence-electron chi connectivity index (χ1n) is 7.54. The molecule has 2 aromatic rings. The fourth-order valence-electron chi connectivity index (χ4n) is 2.87. The molecule has 1 aliphatic rings. The lowest BCUT2D eigenvalue weighted by atomic mass is 10.1. The molecule has 1 nitrogen and oxygen atoms in total. The van der Waals surface area contributed by atoms with Crippen LogP contribution in [-0.4, -0.2) is 0 Å². The fourth-order valence-corrected chi connectivity index (χ4v) is 2.87. The van der Waals surface area contributed by atoms with Crippen LogP contribution in [0.5, 0.6) is 0 Å². The summed E-state index contributed by atoms with van der Waals surface area (Å²) in [6.07, 6.45) is 9.06. The van der Waals surface area contributed by atoms with Gasteiger partial charge < -0.3 is 4.90 Å². The Morgan fingerprint density at radius 1 is 0.810 bits per heavy atom. The van der Waals surface area contributed by atoms with Gasteiger partial charge in [-0.1, -0.05) is 36.4 Å². The van der Waals surface area contributed by atoms with Crippen molar-refractivity contribution < 1.29 is 0 Å². The number of nitrogens with zero attached hydrogens (tertiary/aromatic N) is 1. The number of hydrogen-bond donors (Lipinski definition) is 0. The third kappa shape index (κ3) is 3.08. The van der Waals surface area contributed by atoms with Crippen LogP contribution in [0.2, 0.25) is 0 Å². The van der Waals surface area contributed by atoms with E-state index in [-0.39, 0.29) is 0 Å². The Balaban J connectivity index is 2.12. The van der Waals surface area contributed by atoms with Crippen LogP contribution in [0.3, 0.4) is 0 Å². The summed E-state index contributed by atoms with van der Waals surface area (Å²) in [5.74, 6) is 0. The van der Waals surface area contributed by atoms with E-state index in [0.29, 0.717) is 0 Å². The summed E-state index contributed by atoms with van der Waals surface area (Å²) in [7, 11) is 0. The number of para-hydroxylation sites is 1. The summed E-state index contributed by atoms with van der Waals surface area (Å²) >= 11 is 0. The zero-order valence-corrected chi connectivity index (χ0v) is 12.7. The van der Waals surface area contributed by atoms with Crippen molar-refractivity contribution in [3.63, 3.8) is 0 Å². The number of allylic oxidation sites excluding steroid dienone is 3. The highest BCUT2D eigenvalue weighted by Crippen LogP contribution is 2.32. The van der Waals surface area contributed by atoms with Gasteiger partial charge in [-0.3, -0.25) is 0 Å². The quantitative estimate of drug-likeness (QED) is 0.697. The Hall–Kier alpha value is -2.28. The van der Waals surface area contributed by atoms with Crippen molar-refractivity contribution in [2.24, 2.45) is 0 Å². The van der Waals surface area contributed by atoms with Gasteiger partial charge in [0.25, 0.3) is 0 Å². The zero-order valence-electron chi connectivity index (χ0n) is 12.7. The van der Waals surface area contributed by atoms with Gasteiger partial charge >= 0.3 is 0 Å². The second-order valence-electron chi connectivity index (χ2n) is 5.63. The molecular weight excluding hydrogens is 254 g/mol. The summed E-state index contributed by atoms with van der Waals surface area (Å²) in [5, 5.41) is 0. The molecule has 2 aromatic carbocycles. The highest BCUT2D eigenvalue weighted by molar-refractivity contribution is 5.71. The van der Waals surface area contributed by atoms with Crippen LogP contribution in [0.1, 0.15) is 24.0 Å². The third-order valence-corrected chi connectivity index (χ3v) is 3.71. The number of benzene rings is 2. The predicted molar refractivity (Wildman–Crippen MR) is 91.0 cm³/mol. The Labute approximate surface area is 127 Å². The van der Waals surface area contributed by atoms with E-state index < -0.39 is 0 Å². The van der Waals surface area contributed by atoms with Crippen molar-refractivity contribution in [1.29, 1.82) is 0 Å². The highest BCUT2D eigenvalue weighted by atomic mass is 15.1. The summed E-state index contributed by atoms with van der Waals surface area (Å²) in [6, 6.07) is 17.3. The second kappa shape index (κ2) is 6.01. The van der Waals surface area contributed by atoms with Crippen molar-refractivity contribution >= 4 is 11.4 Å². The van der Waals surface area contributed by atoms with Crippen LogP contribution in [0.15, 0.2) is 72.5 Å². The van der Waals surface area contributed by atoms with Gasteiger partial charge in [-0.2, -0.15) is 0 Å². The van der Waals surface area contributed by atoms with Gasteiger partial charge in [-0.15, -0.1) is 0 Å². The molecule has 0 N–H and O–H groups in total. The number of rotatable bonds is 3. The molecule has 0 aromatic heterocycles. The molecular formula is C20H21N. The van der Waals surface area contributed by atoms with E-state index in [1.165, 1.54) is 28.2 Å². The maximum Gasteiger partial charge on any atom is 0.0466 e. The SMILES string of the molecule is Cc1cc(C)cc(N(C2=CCCC=C2)c2ccccc2)c1. The van der Waals surface area contributed by atoms with Crippen LogP contribution >= 0.6 is 0 Å². The molecule has 0 atom stereocenters. The summed E-state index contributed by atoms with van der Waals surface area (Å²) in [4.78, 5) is 2.34. The predicted octanol–water partition coefficient (Wildman–Crippen LogP) is 5.68. The molecule has 0 aliphatic heterocycles. The van der Waals surface area contributed by atoms with Gasteiger partial charge in [-0.25, -0.2) is 0 Å². The van der Waals surface area contributed by atoms with Crippen molar-refractivity contribution in [3.8, 4) is 0 Å². The first kappa shape index (κ1) is 13.7. The number of anilines is 2. The van der Waals surface area contributed by atoms with Crippen molar-refractivity contribution in [2.75, 3.05) is 4.90 Å². The lowest BCUT2D eigenvalue weighted by molar-refractivity contribution is 0.996. The molecule has 0 bridgehead atoms. The number of aryl methyl sites for hydroxylation is 2.